The fourth-order valence-corrected chi connectivity index (χ4v) is 4.06. The monoisotopic (exact) mass is 454 g/mol. The van der Waals surface area contributed by atoms with Crippen molar-refractivity contribution >= 4 is 34.0 Å². The summed E-state index contributed by atoms with van der Waals surface area (Å²) >= 11 is 0. The van der Waals surface area contributed by atoms with Crippen LogP contribution < -0.4 is 15.0 Å². The summed E-state index contributed by atoms with van der Waals surface area (Å²) in [6.45, 7) is 1.11. The fourth-order valence-electron chi connectivity index (χ4n) is 4.06. The minimum atomic E-state index is -0.568. The fraction of sp³-hybridized carbons (Fsp3) is 0.111. The van der Waals surface area contributed by atoms with E-state index in [1.807, 2.05) is 30.3 Å². The Bertz CT molecular complexity index is 1400. The molecule has 5 rings (SSSR count). The SMILES string of the molecule is COC(=O)c1ccc(NC(=O)c2ccc(N3COc4ccc5ccccc5c4C3)cc2)c(O)c1. The topological polar surface area (TPSA) is 88.1 Å². The Hall–Kier alpha value is -4.52. The molecule has 0 aromatic heterocycles. The van der Waals surface area contributed by atoms with Crippen LogP contribution in [0.15, 0.2) is 78.9 Å². The molecule has 1 heterocycles. The molecule has 0 bridgehead atoms. The average molecular weight is 454 g/mol. The summed E-state index contributed by atoms with van der Waals surface area (Å²) in [5, 5.41) is 15.2. The maximum Gasteiger partial charge on any atom is 0.337 e. The number of esters is 1. The minimum Gasteiger partial charge on any atom is -0.506 e. The third-order valence-electron chi connectivity index (χ3n) is 5.88. The third-order valence-corrected chi connectivity index (χ3v) is 5.88. The number of amides is 1. The molecule has 4 aromatic carbocycles. The third kappa shape index (κ3) is 3.99. The summed E-state index contributed by atoms with van der Waals surface area (Å²) in [5.74, 6) is -0.270. The zero-order valence-corrected chi connectivity index (χ0v) is 18.4. The van der Waals surface area contributed by atoms with Crippen molar-refractivity contribution in [3.8, 4) is 11.5 Å². The van der Waals surface area contributed by atoms with Crippen molar-refractivity contribution in [3.05, 3.63) is 95.6 Å². The molecule has 0 aliphatic carbocycles. The number of nitrogens with zero attached hydrogens (tertiary/aromatic N) is 1. The Morgan fingerprint density at radius 3 is 2.50 bits per heavy atom. The van der Waals surface area contributed by atoms with Gasteiger partial charge in [-0.2, -0.15) is 0 Å². The molecule has 0 spiro atoms. The first kappa shape index (κ1) is 21.3. The number of phenolic OH excluding ortho intramolecular Hbond substituents is 1. The lowest BCUT2D eigenvalue weighted by molar-refractivity contribution is 0.0600. The van der Waals surface area contributed by atoms with Crippen molar-refractivity contribution in [2.75, 3.05) is 24.1 Å². The molecule has 0 saturated heterocycles. The van der Waals surface area contributed by atoms with Gasteiger partial charge in [0.1, 0.15) is 11.5 Å². The van der Waals surface area contributed by atoms with Crippen molar-refractivity contribution in [1.29, 1.82) is 0 Å². The van der Waals surface area contributed by atoms with E-state index in [2.05, 4.69) is 33.2 Å². The van der Waals surface area contributed by atoms with E-state index in [9.17, 15) is 14.7 Å². The smallest absolute Gasteiger partial charge is 0.337 e. The number of anilines is 2. The van der Waals surface area contributed by atoms with Crippen LogP contribution in [-0.4, -0.2) is 30.8 Å². The lowest BCUT2D eigenvalue weighted by Gasteiger charge is -2.31. The van der Waals surface area contributed by atoms with Crippen LogP contribution in [0.5, 0.6) is 11.5 Å². The highest BCUT2D eigenvalue weighted by Gasteiger charge is 2.20. The minimum absolute atomic E-state index is 0.195. The molecule has 34 heavy (non-hydrogen) atoms. The zero-order valence-electron chi connectivity index (χ0n) is 18.4. The van der Waals surface area contributed by atoms with Crippen molar-refractivity contribution in [2.45, 2.75) is 6.54 Å². The van der Waals surface area contributed by atoms with Crippen LogP contribution in [-0.2, 0) is 11.3 Å². The summed E-state index contributed by atoms with van der Waals surface area (Å²) in [5.41, 5.74) is 2.90. The van der Waals surface area contributed by atoms with Crippen molar-refractivity contribution < 1.29 is 24.2 Å². The number of benzene rings is 4. The van der Waals surface area contributed by atoms with E-state index >= 15 is 0 Å². The van der Waals surface area contributed by atoms with Gasteiger partial charge in [-0.3, -0.25) is 4.79 Å². The molecule has 7 heteroatoms. The van der Waals surface area contributed by atoms with Gasteiger partial charge in [-0.25, -0.2) is 4.79 Å². The molecule has 0 radical (unpaired) electrons. The molecule has 1 aliphatic rings. The summed E-state index contributed by atoms with van der Waals surface area (Å²) in [4.78, 5) is 26.4. The predicted molar refractivity (Wildman–Crippen MR) is 129 cm³/mol. The molecule has 0 saturated carbocycles. The number of hydrogen-bond donors (Lipinski definition) is 2. The Morgan fingerprint density at radius 1 is 0.971 bits per heavy atom. The number of fused-ring (bicyclic) bond motifs is 3. The van der Waals surface area contributed by atoms with E-state index in [4.69, 9.17) is 4.74 Å². The van der Waals surface area contributed by atoms with E-state index in [1.54, 1.807) is 12.1 Å². The molecular weight excluding hydrogens is 432 g/mol. The Labute approximate surface area is 196 Å². The summed E-state index contributed by atoms with van der Waals surface area (Å²) < 4.78 is 10.6. The average Bonchev–Trinajstić information content (AvgIpc) is 2.89. The highest BCUT2D eigenvalue weighted by Crippen LogP contribution is 2.34. The quantitative estimate of drug-likeness (QED) is 0.335. The first-order valence-corrected chi connectivity index (χ1v) is 10.7. The lowest BCUT2D eigenvalue weighted by atomic mass is 10.0. The number of aromatic hydroxyl groups is 1. The standard InChI is InChI=1S/C27H22N2O5/c1-33-27(32)19-8-12-23(24(30)14-19)28-26(31)18-6-10-20(11-7-18)29-15-22-21-5-3-2-4-17(21)9-13-25(22)34-16-29/h2-14,30H,15-16H2,1H3,(H,28,31). The predicted octanol–water partition coefficient (Wildman–Crippen LogP) is 4.94. The maximum atomic E-state index is 12.7. The van der Waals surface area contributed by atoms with Gasteiger partial charge in [0, 0.05) is 16.8 Å². The van der Waals surface area contributed by atoms with Gasteiger partial charge in [0.2, 0.25) is 0 Å². The molecule has 0 unspecified atom stereocenters. The molecule has 4 aromatic rings. The molecule has 0 atom stereocenters. The van der Waals surface area contributed by atoms with Crippen LogP contribution in [0.2, 0.25) is 0 Å². The zero-order chi connectivity index (χ0) is 23.7. The van der Waals surface area contributed by atoms with E-state index in [0.29, 0.717) is 18.8 Å². The Balaban J connectivity index is 1.31. The van der Waals surface area contributed by atoms with Crippen LogP contribution in [0.25, 0.3) is 10.8 Å². The number of hydrogen-bond acceptors (Lipinski definition) is 6. The van der Waals surface area contributed by atoms with Gasteiger partial charge in [0.05, 0.1) is 24.9 Å². The Kier molecular flexibility index (Phi) is 5.51. The van der Waals surface area contributed by atoms with E-state index in [1.165, 1.54) is 36.1 Å². The van der Waals surface area contributed by atoms with Crippen LogP contribution in [0.1, 0.15) is 26.3 Å². The van der Waals surface area contributed by atoms with E-state index < -0.39 is 5.97 Å². The number of methoxy groups -OCH3 is 1. The highest BCUT2D eigenvalue weighted by atomic mass is 16.5. The van der Waals surface area contributed by atoms with Crippen LogP contribution >= 0.6 is 0 Å². The lowest BCUT2D eigenvalue weighted by Crippen LogP contribution is -2.32. The largest absolute Gasteiger partial charge is 0.506 e. The van der Waals surface area contributed by atoms with Gasteiger partial charge in [-0.1, -0.05) is 30.3 Å². The normalized spacial score (nSPS) is 12.6. The second kappa shape index (κ2) is 8.78. The maximum absolute atomic E-state index is 12.7. The van der Waals surface area contributed by atoms with Crippen LogP contribution in [0.3, 0.4) is 0 Å². The van der Waals surface area contributed by atoms with Gasteiger partial charge >= 0.3 is 5.97 Å². The Morgan fingerprint density at radius 2 is 1.74 bits per heavy atom. The number of phenols is 1. The van der Waals surface area contributed by atoms with Crippen molar-refractivity contribution in [1.82, 2.24) is 0 Å². The van der Waals surface area contributed by atoms with Gasteiger partial charge < -0.3 is 24.8 Å². The summed E-state index contributed by atoms with van der Waals surface area (Å²) in [6.07, 6.45) is 0. The van der Waals surface area contributed by atoms with Crippen molar-refractivity contribution in [3.63, 3.8) is 0 Å². The highest BCUT2D eigenvalue weighted by molar-refractivity contribution is 6.05. The number of ether oxygens (including phenoxy) is 2. The molecule has 2 N–H and O–H groups in total. The second-order valence-electron chi connectivity index (χ2n) is 7.96. The van der Waals surface area contributed by atoms with Gasteiger partial charge in [0.15, 0.2) is 6.73 Å². The van der Waals surface area contributed by atoms with E-state index in [-0.39, 0.29) is 22.9 Å². The molecule has 1 amide bonds. The molecule has 7 nitrogen and oxygen atoms in total. The number of carbonyl (C=O) groups is 2. The number of nitrogens with one attached hydrogen (secondary N) is 1. The first-order chi connectivity index (χ1) is 16.5. The summed E-state index contributed by atoms with van der Waals surface area (Å²) in [7, 11) is 1.26. The first-order valence-electron chi connectivity index (χ1n) is 10.7. The van der Waals surface area contributed by atoms with Gasteiger partial charge in [-0.15, -0.1) is 0 Å². The van der Waals surface area contributed by atoms with Gasteiger partial charge in [-0.05, 0) is 59.3 Å². The van der Waals surface area contributed by atoms with Crippen molar-refractivity contribution in [2.24, 2.45) is 0 Å². The molecule has 0 fully saturated rings. The van der Waals surface area contributed by atoms with Crippen LogP contribution in [0.4, 0.5) is 11.4 Å². The number of rotatable bonds is 4. The second-order valence-corrected chi connectivity index (χ2v) is 7.96. The van der Waals surface area contributed by atoms with Crippen LogP contribution in [0, 0.1) is 0 Å². The molecular formula is C27H22N2O5. The summed E-state index contributed by atoms with van der Waals surface area (Å²) in [6, 6.07) is 23.7. The molecule has 1 aliphatic heterocycles. The van der Waals surface area contributed by atoms with E-state index in [0.717, 1.165) is 17.0 Å². The van der Waals surface area contributed by atoms with Gasteiger partial charge in [0.25, 0.3) is 5.91 Å². The molecule has 170 valence electrons. The number of carbonyl (C=O) groups excluding carboxylic acids is 2.